The molecule has 0 aliphatic heterocycles. The van der Waals surface area contributed by atoms with Crippen LogP contribution in [0.15, 0.2) is 45.7 Å². The van der Waals surface area contributed by atoms with Gasteiger partial charge in [0.2, 0.25) is 5.91 Å². The molecule has 0 aromatic heterocycles. The van der Waals surface area contributed by atoms with Crippen LogP contribution in [-0.2, 0) is 14.4 Å². The Bertz CT molecular complexity index is 804. The normalized spacial score (nSPS) is 11.0. The van der Waals surface area contributed by atoms with E-state index in [0.717, 1.165) is 24.0 Å². The molecule has 9 heteroatoms. The molecule has 0 aliphatic rings. The minimum Gasteiger partial charge on any atom is -0.388 e. The molecule has 0 N–H and O–H groups in total. The second-order valence-electron chi connectivity index (χ2n) is 5.58. The van der Waals surface area contributed by atoms with Gasteiger partial charge in [-0.2, -0.15) is 0 Å². The van der Waals surface area contributed by atoms with Crippen LogP contribution in [0.4, 0.5) is 18.9 Å². The van der Waals surface area contributed by atoms with E-state index in [2.05, 4.69) is 32.5 Å². The summed E-state index contributed by atoms with van der Waals surface area (Å²) in [4.78, 5) is 27.8. The van der Waals surface area contributed by atoms with Gasteiger partial charge in [-0.1, -0.05) is 55.4 Å². The Kier molecular flexibility index (Phi) is 15.3. The monoisotopic (exact) mass is 506 g/mol. The maximum atomic E-state index is 14.5. The summed E-state index contributed by atoms with van der Waals surface area (Å²) in [6.45, 7) is 14.4. The van der Waals surface area contributed by atoms with Crippen LogP contribution in [0.3, 0.4) is 0 Å². The lowest BCUT2D eigenvalue weighted by Crippen LogP contribution is -2.28. The Morgan fingerprint density at radius 2 is 1.81 bits per heavy atom. The van der Waals surface area contributed by atoms with Gasteiger partial charge >= 0.3 is 0 Å². The Morgan fingerprint density at radius 3 is 2.26 bits per heavy atom. The van der Waals surface area contributed by atoms with Crippen LogP contribution >= 0.6 is 15.9 Å². The van der Waals surface area contributed by atoms with Crippen molar-refractivity contribution in [1.82, 2.24) is 0 Å². The molecule has 0 heterocycles. The molecule has 0 unspecified atom stereocenters. The molecule has 0 spiro atoms. The van der Waals surface area contributed by atoms with Crippen molar-refractivity contribution >= 4 is 40.0 Å². The van der Waals surface area contributed by atoms with Gasteiger partial charge in [0.05, 0.1) is 11.9 Å². The van der Waals surface area contributed by atoms with Crippen LogP contribution in [0.2, 0.25) is 0 Å². The van der Waals surface area contributed by atoms with Gasteiger partial charge in [0.15, 0.2) is 12.9 Å². The first-order valence-corrected chi connectivity index (χ1v) is 10.4. The van der Waals surface area contributed by atoms with Crippen molar-refractivity contribution in [2.24, 2.45) is 5.16 Å². The fourth-order valence-corrected chi connectivity index (χ4v) is 2.38. The first-order valence-electron chi connectivity index (χ1n) is 9.63. The fraction of sp³-hybridized carbons (Fsp3) is 0.409. The topological polar surface area (TPSA) is 59.0 Å². The van der Waals surface area contributed by atoms with Gasteiger partial charge in [-0.25, -0.2) is 13.2 Å². The summed E-state index contributed by atoms with van der Waals surface area (Å²) >= 11 is 3.15. The van der Waals surface area contributed by atoms with E-state index in [1.54, 1.807) is 0 Å². The van der Waals surface area contributed by atoms with Crippen molar-refractivity contribution in [2.75, 3.05) is 11.5 Å². The van der Waals surface area contributed by atoms with Gasteiger partial charge in [-0.3, -0.25) is 14.5 Å². The van der Waals surface area contributed by atoms with E-state index >= 15 is 0 Å². The van der Waals surface area contributed by atoms with Gasteiger partial charge in [-0.05, 0) is 30.7 Å². The molecule has 0 atom stereocenters. The second kappa shape index (κ2) is 15.4. The van der Waals surface area contributed by atoms with E-state index in [-0.39, 0.29) is 23.6 Å². The average molecular weight is 507 g/mol. The molecular weight excluding hydrogens is 477 g/mol. The van der Waals surface area contributed by atoms with Crippen molar-refractivity contribution in [3.63, 3.8) is 0 Å². The number of anilines is 1. The third-order valence-corrected chi connectivity index (χ3v) is 4.08. The van der Waals surface area contributed by atoms with Crippen molar-refractivity contribution in [1.29, 1.82) is 0 Å². The summed E-state index contributed by atoms with van der Waals surface area (Å²) in [6.07, 6.45) is 2.73. The predicted octanol–water partition coefficient (Wildman–Crippen LogP) is 6.66. The number of hydrogen-bond donors (Lipinski definition) is 0. The molecular formula is C22H30BrF3N2O3. The number of amides is 1. The van der Waals surface area contributed by atoms with Crippen molar-refractivity contribution in [3.05, 3.63) is 51.9 Å². The summed E-state index contributed by atoms with van der Waals surface area (Å²) in [6, 6.07) is 2.36. The van der Waals surface area contributed by atoms with Crippen molar-refractivity contribution < 1.29 is 27.6 Å². The third-order valence-electron chi connectivity index (χ3n) is 3.39. The molecule has 1 aromatic carbocycles. The SMILES string of the molecule is C=C(/C=C(\C)C(C)(F)F)N(C(C)=O)c1cc(/C=N/OCC=O)c(Br)cc1F.CC.CC. The zero-order valence-electron chi connectivity index (χ0n) is 18.9. The lowest BCUT2D eigenvalue weighted by molar-refractivity contribution is -0.116. The minimum atomic E-state index is -3.11. The Hall–Kier alpha value is -2.42. The smallest absolute Gasteiger partial charge is 0.266 e. The number of halogens is 4. The van der Waals surface area contributed by atoms with E-state index in [0.29, 0.717) is 23.2 Å². The van der Waals surface area contributed by atoms with Crippen molar-refractivity contribution in [3.8, 4) is 0 Å². The number of benzene rings is 1. The highest BCUT2D eigenvalue weighted by atomic mass is 79.9. The first-order chi connectivity index (χ1) is 14.5. The van der Waals surface area contributed by atoms with E-state index in [9.17, 15) is 22.8 Å². The number of oxime groups is 1. The second-order valence-corrected chi connectivity index (χ2v) is 6.44. The standard InChI is InChI=1S/C18H18BrF3N2O3.2C2H6/c1-11(18(4,21)22)7-12(2)24(13(3)26)17-8-14(10-23-27-6-5-25)15(19)9-16(17)20;2*1-2/h5,7-10H,2,6H2,1,3-4H3;2*1-2H3/b11-7+,23-10+;;. The Morgan fingerprint density at radius 1 is 1.26 bits per heavy atom. The van der Waals surface area contributed by atoms with Crippen molar-refractivity contribution in [2.45, 2.75) is 54.4 Å². The number of rotatable bonds is 8. The average Bonchev–Trinajstić information content (AvgIpc) is 2.70. The third kappa shape index (κ3) is 10.4. The number of carbonyl (C=O) groups excluding carboxylic acids is 2. The van der Waals surface area contributed by atoms with E-state index in [1.807, 2.05) is 27.7 Å². The van der Waals surface area contributed by atoms with Crippen LogP contribution < -0.4 is 4.90 Å². The summed E-state index contributed by atoms with van der Waals surface area (Å²) in [5.41, 5.74) is -0.322. The highest BCUT2D eigenvalue weighted by Gasteiger charge is 2.26. The molecule has 31 heavy (non-hydrogen) atoms. The molecule has 0 saturated carbocycles. The van der Waals surface area contributed by atoms with Crippen LogP contribution in [0.5, 0.6) is 0 Å². The highest BCUT2D eigenvalue weighted by Crippen LogP contribution is 2.31. The summed E-state index contributed by atoms with van der Waals surface area (Å²) in [5, 5.41) is 3.55. The van der Waals surface area contributed by atoms with E-state index in [4.69, 9.17) is 0 Å². The summed E-state index contributed by atoms with van der Waals surface area (Å²) in [7, 11) is 0. The van der Waals surface area contributed by atoms with Crippen LogP contribution in [-0.4, -0.2) is 30.9 Å². The van der Waals surface area contributed by atoms with Gasteiger partial charge in [-0.15, -0.1) is 0 Å². The van der Waals surface area contributed by atoms with Crippen LogP contribution in [0.25, 0.3) is 0 Å². The van der Waals surface area contributed by atoms with E-state index < -0.39 is 17.6 Å². The molecule has 5 nitrogen and oxygen atoms in total. The number of aldehydes is 1. The fourth-order valence-electron chi connectivity index (χ4n) is 1.96. The molecule has 174 valence electrons. The Labute approximate surface area is 190 Å². The van der Waals surface area contributed by atoms with Crippen LogP contribution in [0.1, 0.15) is 54.0 Å². The number of carbonyl (C=O) groups is 2. The first kappa shape index (κ1) is 30.8. The zero-order chi connectivity index (χ0) is 24.8. The molecule has 0 saturated heterocycles. The lowest BCUT2D eigenvalue weighted by Gasteiger charge is -2.24. The maximum Gasteiger partial charge on any atom is 0.266 e. The molecule has 0 aliphatic carbocycles. The zero-order valence-corrected chi connectivity index (χ0v) is 20.5. The molecule has 1 aromatic rings. The van der Waals surface area contributed by atoms with Gasteiger partial charge < -0.3 is 4.84 Å². The van der Waals surface area contributed by atoms with Crippen LogP contribution in [0, 0.1) is 5.82 Å². The molecule has 1 rings (SSSR count). The summed E-state index contributed by atoms with van der Waals surface area (Å²) in [5.74, 6) is -4.51. The minimum absolute atomic E-state index is 0.122. The number of alkyl halides is 2. The highest BCUT2D eigenvalue weighted by molar-refractivity contribution is 9.10. The summed E-state index contributed by atoms with van der Waals surface area (Å²) < 4.78 is 41.6. The number of hydrogen-bond acceptors (Lipinski definition) is 4. The van der Waals surface area contributed by atoms with Gasteiger partial charge in [0, 0.05) is 29.6 Å². The molecule has 1 amide bonds. The predicted molar refractivity (Wildman–Crippen MR) is 123 cm³/mol. The number of nitrogens with zero attached hydrogens (tertiary/aromatic N) is 2. The largest absolute Gasteiger partial charge is 0.388 e. The molecule has 0 fully saturated rings. The Balaban J connectivity index is 0. The maximum absolute atomic E-state index is 14.5. The number of allylic oxidation sites excluding steroid dienone is 2. The molecule has 0 bridgehead atoms. The van der Waals surface area contributed by atoms with Gasteiger partial charge in [0.1, 0.15) is 5.82 Å². The van der Waals surface area contributed by atoms with Gasteiger partial charge in [0.25, 0.3) is 5.92 Å². The van der Waals surface area contributed by atoms with E-state index in [1.165, 1.54) is 19.2 Å². The lowest BCUT2D eigenvalue weighted by atomic mass is 10.1. The quantitative estimate of drug-likeness (QED) is 0.130. The molecule has 0 radical (unpaired) electrons.